The molecule has 2 nitrogen and oxygen atoms in total. The largest absolute Gasteiger partial charge is 0.456 e. The lowest BCUT2D eigenvalue weighted by atomic mass is 9.84. The SMILES string of the molecule is C=C(/N=C1\C(=C(/CCCC)c2ccccc2)Sc2ccccc21)c1cccc(-c2cc(-c3ccccc3)cc(-c3ccc4c(c3)oc3ccccc34)c2-c2ccccc2)c1. The zero-order chi connectivity index (χ0) is 40.4. The van der Waals surface area contributed by atoms with Gasteiger partial charge in [0.2, 0.25) is 0 Å². The van der Waals surface area contributed by atoms with Gasteiger partial charge in [0.15, 0.2) is 0 Å². The Morgan fingerprint density at radius 3 is 1.90 bits per heavy atom. The molecule has 0 N–H and O–H groups in total. The van der Waals surface area contributed by atoms with Crippen LogP contribution in [0.2, 0.25) is 0 Å². The summed E-state index contributed by atoms with van der Waals surface area (Å²) in [5, 5.41) is 2.24. The van der Waals surface area contributed by atoms with Crippen molar-refractivity contribution in [2.45, 2.75) is 31.1 Å². The molecule has 0 spiro atoms. The summed E-state index contributed by atoms with van der Waals surface area (Å²) in [6, 6.07) is 69.3. The van der Waals surface area contributed by atoms with Gasteiger partial charge >= 0.3 is 0 Å². The Balaban J connectivity index is 1.15. The normalized spacial score (nSPS) is 13.8. The number of allylic oxidation sites excluding steroid dienone is 2. The Kier molecular flexibility index (Phi) is 10.2. The van der Waals surface area contributed by atoms with Gasteiger partial charge < -0.3 is 4.42 Å². The fraction of sp³-hybridized carbons (Fsp3) is 0.0702. The van der Waals surface area contributed by atoms with E-state index in [0.717, 1.165) is 108 Å². The molecular formula is C57H43NOS. The molecule has 0 aliphatic carbocycles. The predicted octanol–water partition coefficient (Wildman–Crippen LogP) is 16.4. The van der Waals surface area contributed by atoms with Gasteiger partial charge in [-0.25, -0.2) is 4.99 Å². The first-order chi connectivity index (χ1) is 29.6. The minimum Gasteiger partial charge on any atom is -0.456 e. The topological polar surface area (TPSA) is 25.5 Å². The maximum absolute atomic E-state index is 6.45. The number of nitrogens with zero attached hydrogens (tertiary/aromatic N) is 1. The lowest BCUT2D eigenvalue weighted by Gasteiger charge is -2.19. The Morgan fingerprint density at radius 1 is 0.517 bits per heavy atom. The van der Waals surface area contributed by atoms with Crippen molar-refractivity contribution < 1.29 is 4.42 Å². The number of benzene rings is 8. The molecule has 1 aliphatic heterocycles. The fourth-order valence-corrected chi connectivity index (χ4v) is 9.74. The molecule has 0 radical (unpaired) electrons. The smallest absolute Gasteiger partial charge is 0.136 e. The lowest BCUT2D eigenvalue weighted by Crippen LogP contribution is -2.02. The van der Waals surface area contributed by atoms with Gasteiger partial charge in [0, 0.05) is 31.7 Å². The molecule has 0 fully saturated rings. The third kappa shape index (κ3) is 7.12. The molecule has 0 saturated heterocycles. The van der Waals surface area contributed by atoms with Gasteiger partial charge in [-0.05, 0) is 111 Å². The molecule has 8 aromatic carbocycles. The molecule has 0 bridgehead atoms. The van der Waals surface area contributed by atoms with E-state index < -0.39 is 0 Å². The van der Waals surface area contributed by atoms with Gasteiger partial charge in [0.05, 0.1) is 11.4 Å². The molecule has 0 saturated carbocycles. The number of hydrogen-bond donors (Lipinski definition) is 0. The number of fused-ring (bicyclic) bond motifs is 4. The molecule has 0 unspecified atom stereocenters. The minimum atomic E-state index is 0.737. The van der Waals surface area contributed by atoms with Crippen LogP contribution in [0.15, 0.2) is 220 Å². The third-order valence-corrected chi connectivity index (χ3v) is 12.7. The Bertz CT molecular complexity index is 3100. The first-order valence-electron chi connectivity index (χ1n) is 20.8. The van der Waals surface area contributed by atoms with Gasteiger partial charge in [-0.2, -0.15) is 0 Å². The molecule has 1 aliphatic rings. The standard InChI is InChI=1S/C57H43NOS/c1-3-4-27-46(40-21-10-6-11-22-40)57-56(49-29-15-17-31-54(49)60-57)58-38(2)42-25-18-26-43(34-42)50-35-45(39-19-8-5-9-20-39)36-51(55(50)41-23-12-7-13-24-41)44-32-33-48-47-28-14-16-30-52(47)59-53(48)37-44/h5-26,28-37H,2-4,27H2,1H3/b57-46-,58-56-. The average Bonchev–Trinajstić information content (AvgIpc) is 3.87. The molecule has 9 aromatic rings. The van der Waals surface area contributed by atoms with Crippen molar-refractivity contribution in [3.8, 4) is 44.5 Å². The summed E-state index contributed by atoms with van der Waals surface area (Å²) in [6.45, 7) is 6.91. The first kappa shape index (κ1) is 37.3. The van der Waals surface area contributed by atoms with Gasteiger partial charge in [-0.15, -0.1) is 0 Å². The lowest BCUT2D eigenvalue weighted by molar-refractivity contribution is 0.669. The van der Waals surface area contributed by atoms with Crippen molar-refractivity contribution in [1.29, 1.82) is 0 Å². The summed E-state index contributed by atoms with van der Waals surface area (Å²) in [4.78, 5) is 7.91. The van der Waals surface area contributed by atoms with E-state index in [4.69, 9.17) is 9.41 Å². The Labute approximate surface area is 356 Å². The van der Waals surface area contributed by atoms with Crippen molar-refractivity contribution in [1.82, 2.24) is 0 Å². The summed E-state index contributed by atoms with van der Waals surface area (Å²) in [5.41, 5.74) is 17.3. The molecule has 60 heavy (non-hydrogen) atoms. The maximum Gasteiger partial charge on any atom is 0.136 e. The van der Waals surface area contributed by atoms with Crippen molar-refractivity contribution in [2.24, 2.45) is 4.99 Å². The van der Waals surface area contributed by atoms with Crippen molar-refractivity contribution in [3.05, 3.63) is 222 Å². The van der Waals surface area contributed by atoms with Gasteiger partial charge in [-0.1, -0.05) is 183 Å². The molecule has 0 atom stereocenters. The summed E-state index contributed by atoms with van der Waals surface area (Å²) in [7, 11) is 0. The van der Waals surface area contributed by atoms with Crippen LogP contribution < -0.4 is 0 Å². The predicted molar refractivity (Wildman–Crippen MR) is 256 cm³/mol. The van der Waals surface area contributed by atoms with E-state index in [0.29, 0.717) is 0 Å². The average molecular weight is 790 g/mol. The molecule has 3 heteroatoms. The highest BCUT2D eigenvalue weighted by molar-refractivity contribution is 8.05. The van der Waals surface area contributed by atoms with E-state index in [1.807, 2.05) is 23.9 Å². The summed E-state index contributed by atoms with van der Waals surface area (Å²) in [6.07, 6.45) is 3.23. The Morgan fingerprint density at radius 2 is 1.13 bits per heavy atom. The third-order valence-electron chi connectivity index (χ3n) is 11.5. The van der Waals surface area contributed by atoms with Crippen molar-refractivity contribution in [3.63, 3.8) is 0 Å². The van der Waals surface area contributed by atoms with Crippen LogP contribution in [0, 0.1) is 0 Å². The van der Waals surface area contributed by atoms with Gasteiger partial charge in [0.25, 0.3) is 0 Å². The zero-order valence-electron chi connectivity index (χ0n) is 33.6. The summed E-state index contributed by atoms with van der Waals surface area (Å²) in [5.74, 6) is 0. The van der Waals surface area contributed by atoms with E-state index in [1.165, 1.54) is 20.9 Å². The molecule has 1 aromatic heterocycles. The number of hydrogen-bond acceptors (Lipinski definition) is 3. The monoisotopic (exact) mass is 789 g/mol. The minimum absolute atomic E-state index is 0.737. The molecule has 0 amide bonds. The fourth-order valence-electron chi connectivity index (χ4n) is 8.50. The second-order valence-electron chi connectivity index (χ2n) is 15.4. The number of furan rings is 1. The molecule has 288 valence electrons. The highest BCUT2D eigenvalue weighted by Gasteiger charge is 2.28. The second-order valence-corrected chi connectivity index (χ2v) is 16.4. The molecule has 10 rings (SSSR count). The summed E-state index contributed by atoms with van der Waals surface area (Å²) >= 11 is 1.84. The molecule has 2 heterocycles. The Hall–Kier alpha value is -6.94. The highest BCUT2D eigenvalue weighted by atomic mass is 32.2. The van der Waals surface area contributed by atoms with Crippen LogP contribution in [0.25, 0.3) is 77.7 Å². The van der Waals surface area contributed by atoms with Crippen LogP contribution >= 0.6 is 11.8 Å². The van der Waals surface area contributed by atoms with Crippen LogP contribution in [0.1, 0.15) is 42.9 Å². The second kappa shape index (κ2) is 16.4. The van der Waals surface area contributed by atoms with E-state index in [-0.39, 0.29) is 0 Å². The van der Waals surface area contributed by atoms with Crippen molar-refractivity contribution >= 4 is 50.7 Å². The van der Waals surface area contributed by atoms with Crippen LogP contribution in [0.3, 0.4) is 0 Å². The molecular weight excluding hydrogens is 747 g/mol. The number of rotatable bonds is 10. The van der Waals surface area contributed by atoms with Crippen LogP contribution in [-0.4, -0.2) is 5.71 Å². The van der Waals surface area contributed by atoms with Gasteiger partial charge in [-0.3, -0.25) is 0 Å². The number of unbranched alkanes of at least 4 members (excludes halogenated alkanes) is 1. The highest BCUT2D eigenvalue weighted by Crippen LogP contribution is 2.47. The maximum atomic E-state index is 6.45. The van der Waals surface area contributed by atoms with E-state index in [1.54, 1.807) is 0 Å². The van der Waals surface area contributed by atoms with Crippen LogP contribution in [-0.2, 0) is 0 Å². The quantitative estimate of drug-likeness (QED) is 0.138. The first-order valence-corrected chi connectivity index (χ1v) is 21.6. The van der Waals surface area contributed by atoms with Crippen LogP contribution in [0.5, 0.6) is 0 Å². The number of thioether (sulfide) groups is 1. The van der Waals surface area contributed by atoms with Crippen LogP contribution in [0.4, 0.5) is 0 Å². The zero-order valence-corrected chi connectivity index (χ0v) is 34.4. The van der Waals surface area contributed by atoms with Crippen molar-refractivity contribution in [2.75, 3.05) is 0 Å². The van der Waals surface area contributed by atoms with E-state index in [2.05, 4.69) is 195 Å². The van der Waals surface area contributed by atoms with E-state index in [9.17, 15) is 0 Å². The number of aliphatic imine (C=N–C) groups is 1. The van der Waals surface area contributed by atoms with Gasteiger partial charge in [0.1, 0.15) is 11.2 Å². The summed E-state index contributed by atoms with van der Waals surface area (Å²) < 4.78 is 6.45. The van der Waals surface area contributed by atoms with E-state index >= 15 is 0 Å². The number of para-hydroxylation sites is 1.